The van der Waals surface area contributed by atoms with Gasteiger partial charge in [0.2, 0.25) is 0 Å². The topological polar surface area (TPSA) is 171 Å². The van der Waals surface area contributed by atoms with E-state index in [0.29, 0.717) is 44.2 Å². The number of carbonyl (C=O) groups is 4. The van der Waals surface area contributed by atoms with Crippen LogP contribution in [0.3, 0.4) is 0 Å². The Labute approximate surface area is 367 Å². The van der Waals surface area contributed by atoms with Gasteiger partial charge in [0.25, 0.3) is 35.4 Å². The average molecular weight is 876 g/mol. The average Bonchev–Trinajstić information content (AvgIpc) is 4.07. The minimum Gasteiger partial charge on any atom is -0.457 e. The van der Waals surface area contributed by atoms with Crippen molar-refractivity contribution >= 4 is 58.9 Å². The minimum absolute atomic E-state index is 0.0712. The number of carbonyl (C=O) groups excluding carboxylic acids is 4. The number of halogens is 2. The van der Waals surface area contributed by atoms with Gasteiger partial charge in [-0.2, -0.15) is 9.80 Å². The molecule has 0 radical (unpaired) electrons. The summed E-state index contributed by atoms with van der Waals surface area (Å²) >= 11 is 12.5. The lowest BCUT2D eigenvalue weighted by Crippen LogP contribution is -2.29. The Morgan fingerprint density at radius 3 is 1.21 bits per heavy atom. The van der Waals surface area contributed by atoms with E-state index in [9.17, 15) is 19.2 Å². The number of rotatable bonds is 10. The number of anilines is 2. The van der Waals surface area contributed by atoms with Crippen LogP contribution in [-0.2, 0) is 5.41 Å². The molecular formula is C47H28Cl2N6O8. The van der Waals surface area contributed by atoms with Gasteiger partial charge in [-0.1, -0.05) is 95.8 Å². The zero-order valence-corrected chi connectivity index (χ0v) is 34.4. The highest BCUT2D eigenvalue weighted by Crippen LogP contribution is 2.38. The minimum atomic E-state index is -0.625. The third-order valence-corrected chi connectivity index (χ3v) is 11.4. The van der Waals surface area contributed by atoms with E-state index < -0.39 is 29.0 Å². The van der Waals surface area contributed by atoms with Gasteiger partial charge in [-0.05, 0) is 96.1 Å². The van der Waals surface area contributed by atoms with Crippen molar-refractivity contribution in [3.63, 3.8) is 0 Å². The summed E-state index contributed by atoms with van der Waals surface area (Å²) in [5.74, 6) is -0.558. The molecule has 0 fully saturated rings. The molecule has 2 aliphatic heterocycles. The molecule has 14 nitrogen and oxygen atoms in total. The fraction of sp³-hybridized carbons (Fsp3) is 0.0638. The standard InChI is InChI=1S/C47H28Cl2N6O8/c1-47(2,25-11-15-27(16-12-25)60-29-19-21-31-35(23-29)43(58)54(41(31)56)45-52-50-39(62-45)33-7-3-5-9-37(33)48)26-13-17-28(18-14-26)61-30-20-22-32-36(24-30)44(59)55(42(32)57)46-53-51-40(63-46)34-8-4-6-10-38(34)49/h3-24H,1-2H3. The number of ether oxygens (including phenoxy) is 2. The molecule has 4 heterocycles. The van der Waals surface area contributed by atoms with Crippen molar-refractivity contribution < 1.29 is 37.5 Å². The van der Waals surface area contributed by atoms with Crippen LogP contribution in [0.5, 0.6) is 23.0 Å². The number of aromatic nitrogens is 4. The van der Waals surface area contributed by atoms with Gasteiger partial charge in [0, 0.05) is 5.41 Å². The Morgan fingerprint density at radius 1 is 0.444 bits per heavy atom. The van der Waals surface area contributed by atoms with Gasteiger partial charge in [0.15, 0.2) is 0 Å². The van der Waals surface area contributed by atoms with Crippen molar-refractivity contribution in [2.75, 3.05) is 9.80 Å². The number of hydrogen-bond acceptors (Lipinski definition) is 12. The lowest BCUT2D eigenvalue weighted by atomic mass is 9.78. The molecular weight excluding hydrogens is 847 g/mol. The second-order valence-electron chi connectivity index (χ2n) is 14.9. The quantitative estimate of drug-likeness (QED) is 0.119. The first-order chi connectivity index (χ1) is 30.4. The van der Waals surface area contributed by atoms with Crippen molar-refractivity contribution in [2.45, 2.75) is 19.3 Å². The number of imide groups is 2. The van der Waals surface area contributed by atoms with Crippen molar-refractivity contribution in [1.29, 1.82) is 0 Å². The smallest absolute Gasteiger partial charge is 0.332 e. The molecule has 4 amide bonds. The van der Waals surface area contributed by atoms with Crippen LogP contribution in [0.15, 0.2) is 142 Å². The van der Waals surface area contributed by atoms with E-state index in [1.165, 1.54) is 24.3 Å². The summed E-state index contributed by atoms with van der Waals surface area (Å²) in [6.07, 6.45) is 0. The van der Waals surface area contributed by atoms with Crippen LogP contribution in [0, 0.1) is 0 Å². The predicted molar refractivity (Wildman–Crippen MR) is 230 cm³/mol. The molecule has 0 bridgehead atoms. The molecule has 10 rings (SSSR count). The fourth-order valence-electron chi connectivity index (χ4n) is 7.33. The van der Waals surface area contributed by atoms with Crippen LogP contribution < -0.4 is 19.3 Å². The van der Waals surface area contributed by atoms with E-state index in [4.69, 9.17) is 41.5 Å². The number of fused-ring (bicyclic) bond motifs is 2. The van der Waals surface area contributed by atoms with E-state index >= 15 is 0 Å². The summed E-state index contributed by atoms with van der Waals surface area (Å²) in [7, 11) is 0. The summed E-state index contributed by atoms with van der Waals surface area (Å²) in [5, 5.41) is 16.6. The van der Waals surface area contributed by atoms with E-state index in [0.717, 1.165) is 20.9 Å². The maximum absolute atomic E-state index is 13.4. The number of amides is 4. The van der Waals surface area contributed by atoms with E-state index in [1.54, 1.807) is 60.7 Å². The highest BCUT2D eigenvalue weighted by atomic mass is 35.5. The molecule has 2 aliphatic rings. The van der Waals surface area contributed by atoms with Crippen LogP contribution in [0.25, 0.3) is 22.9 Å². The molecule has 8 aromatic rings. The number of hydrogen-bond donors (Lipinski definition) is 0. The van der Waals surface area contributed by atoms with Crippen LogP contribution >= 0.6 is 23.2 Å². The molecule has 2 aromatic heterocycles. The molecule has 6 aromatic carbocycles. The molecule has 0 saturated carbocycles. The zero-order chi connectivity index (χ0) is 43.6. The van der Waals surface area contributed by atoms with E-state index in [1.807, 2.05) is 48.5 Å². The maximum atomic E-state index is 13.4. The molecule has 63 heavy (non-hydrogen) atoms. The molecule has 0 atom stereocenters. The second-order valence-corrected chi connectivity index (χ2v) is 15.7. The van der Waals surface area contributed by atoms with Crippen molar-refractivity contribution in [3.8, 4) is 45.9 Å². The second kappa shape index (κ2) is 15.2. The van der Waals surface area contributed by atoms with E-state index in [-0.39, 0.29) is 46.1 Å². The lowest BCUT2D eigenvalue weighted by molar-refractivity contribution is 0.0902. The Balaban J connectivity index is 0.792. The van der Waals surface area contributed by atoms with E-state index in [2.05, 4.69) is 34.2 Å². The predicted octanol–water partition coefficient (Wildman–Crippen LogP) is 10.6. The van der Waals surface area contributed by atoms with Gasteiger partial charge in [0.05, 0.1) is 43.4 Å². The monoisotopic (exact) mass is 874 g/mol. The molecule has 0 unspecified atom stereocenters. The largest absolute Gasteiger partial charge is 0.457 e. The van der Waals surface area contributed by atoms with Crippen LogP contribution in [0.4, 0.5) is 12.0 Å². The molecule has 0 aliphatic carbocycles. The third-order valence-electron chi connectivity index (χ3n) is 10.8. The first kappa shape index (κ1) is 39.2. The summed E-state index contributed by atoms with van der Waals surface area (Å²) in [6.45, 7) is 4.17. The molecule has 0 N–H and O–H groups in total. The Kier molecular flexibility index (Phi) is 9.46. The number of nitrogens with zero attached hydrogens (tertiary/aromatic N) is 6. The maximum Gasteiger partial charge on any atom is 0.332 e. The molecule has 16 heteroatoms. The Hall–Kier alpha value is -7.94. The normalized spacial score (nSPS) is 13.5. The number of benzene rings is 6. The van der Waals surface area contributed by atoms with Crippen LogP contribution in [-0.4, -0.2) is 44.0 Å². The third kappa shape index (κ3) is 6.87. The Morgan fingerprint density at radius 2 is 0.810 bits per heavy atom. The van der Waals surface area contributed by atoms with Gasteiger partial charge in [-0.25, -0.2) is 0 Å². The zero-order valence-electron chi connectivity index (χ0n) is 32.9. The van der Waals surface area contributed by atoms with Gasteiger partial charge in [0.1, 0.15) is 23.0 Å². The summed E-state index contributed by atoms with van der Waals surface area (Å²) in [6, 6.07) is 37.6. The fourth-order valence-corrected chi connectivity index (χ4v) is 7.76. The van der Waals surface area contributed by atoms with Crippen molar-refractivity contribution in [3.05, 3.63) is 177 Å². The summed E-state index contributed by atoms with van der Waals surface area (Å²) < 4.78 is 23.6. The molecule has 0 spiro atoms. The van der Waals surface area contributed by atoms with Crippen LogP contribution in [0.1, 0.15) is 66.4 Å². The van der Waals surface area contributed by atoms with Gasteiger partial charge in [-0.15, -0.1) is 10.2 Å². The summed E-state index contributed by atoms with van der Waals surface area (Å²) in [5.41, 5.74) is 3.12. The van der Waals surface area contributed by atoms with Crippen molar-refractivity contribution in [1.82, 2.24) is 20.4 Å². The van der Waals surface area contributed by atoms with Gasteiger partial charge < -0.3 is 18.3 Å². The molecule has 0 saturated heterocycles. The lowest BCUT2D eigenvalue weighted by Gasteiger charge is -2.26. The highest BCUT2D eigenvalue weighted by Gasteiger charge is 2.42. The first-order valence-corrected chi connectivity index (χ1v) is 20.0. The first-order valence-electron chi connectivity index (χ1n) is 19.2. The summed E-state index contributed by atoms with van der Waals surface area (Å²) in [4.78, 5) is 55.1. The highest BCUT2D eigenvalue weighted by molar-refractivity contribution is 6.35. The van der Waals surface area contributed by atoms with Gasteiger partial charge in [-0.3, -0.25) is 19.2 Å². The van der Waals surface area contributed by atoms with Crippen LogP contribution in [0.2, 0.25) is 10.0 Å². The van der Waals surface area contributed by atoms with Crippen molar-refractivity contribution in [2.24, 2.45) is 0 Å². The van der Waals surface area contributed by atoms with Gasteiger partial charge >= 0.3 is 12.0 Å². The SMILES string of the molecule is CC(C)(c1ccc(Oc2ccc3c(c2)C(=O)N(c2nnc(-c4ccccc4Cl)o2)C3=O)cc1)c1ccc(Oc2ccc3c(c2)C(=O)N(c2nnc(-c4ccccc4Cl)o2)C3=O)cc1. The molecule has 308 valence electrons. The Bertz CT molecular complexity index is 2970.